The molecule has 0 spiro atoms. The van der Waals surface area contributed by atoms with Crippen molar-refractivity contribution in [2.75, 3.05) is 20.2 Å². The van der Waals surface area contributed by atoms with Gasteiger partial charge in [-0.15, -0.1) is 0 Å². The molecule has 0 bridgehead atoms. The molecule has 5 heteroatoms. The minimum atomic E-state index is -4.04. The van der Waals surface area contributed by atoms with Gasteiger partial charge in [-0.25, -0.2) is 0 Å². The summed E-state index contributed by atoms with van der Waals surface area (Å²) in [6, 6.07) is 0. The van der Waals surface area contributed by atoms with Crippen molar-refractivity contribution >= 4 is 0 Å². The third-order valence-electron chi connectivity index (χ3n) is 2.38. The van der Waals surface area contributed by atoms with Gasteiger partial charge in [0.25, 0.3) is 0 Å². The van der Waals surface area contributed by atoms with E-state index in [1.165, 1.54) is 7.11 Å². The van der Waals surface area contributed by atoms with Crippen molar-refractivity contribution in [3.8, 4) is 0 Å². The quantitative estimate of drug-likeness (QED) is 0.741. The molecule has 1 N–H and O–H groups in total. The van der Waals surface area contributed by atoms with Gasteiger partial charge in [0.05, 0.1) is 6.10 Å². The maximum Gasteiger partial charge on any atom is 0.389 e. The van der Waals surface area contributed by atoms with E-state index in [0.717, 1.165) is 0 Å². The zero-order valence-electron chi connectivity index (χ0n) is 7.53. The van der Waals surface area contributed by atoms with Crippen molar-refractivity contribution in [2.24, 2.45) is 5.92 Å². The highest BCUT2D eigenvalue weighted by molar-refractivity contribution is 4.82. The van der Waals surface area contributed by atoms with Crippen LogP contribution in [0.2, 0.25) is 0 Å². The highest BCUT2D eigenvalue weighted by Crippen LogP contribution is 2.27. The van der Waals surface area contributed by atoms with Gasteiger partial charge in [0.1, 0.15) is 0 Å². The van der Waals surface area contributed by atoms with E-state index in [4.69, 9.17) is 4.74 Å². The SMILES string of the molecule is CO[C@@H]1CNC[C@H]1CCC(F)(F)F. The average molecular weight is 197 g/mol. The van der Waals surface area contributed by atoms with E-state index in [0.29, 0.717) is 13.1 Å². The number of rotatable bonds is 3. The number of alkyl halides is 3. The molecule has 1 rings (SSSR count). The topological polar surface area (TPSA) is 21.3 Å². The Morgan fingerprint density at radius 2 is 2.08 bits per heavy atom. The molecule has 1 saturated heterocycles. The van der Waals surface area contributed by atoms with Crippen LogP contribution in [0, 0.1) is 5.92 Å². The van der Waals surface area contributed by atoms with E-state index in [2.05, 4.69) is 5.32 Å². The second-order valence-corrected chi connectivity index (χ2v) is 3.35. The van der Waals surface area contributed by atoms with E-state index in [-0.39, 0.29) is 18.4 Å². The molecule has 1 aliphatic rings. The first-order valence-corrected chi connectivity index (χ1v) is 4.33. The van der Waals surface area contributed by atoms with Crippen molar-refractivity contribution in [1.29, 1.82) is 0 Å². The first-order valence-electron chi connectivity index (χ1n) is 4.33. The largest absolute Gasteiger partial charge is 0.389 e. The molecule has 1 heterocycles. The van der Waals surface area contributed by atoms with E-state index >= 15 is 0 Å². The van der Waals surface area contributed by atoms with E-state index in [1.807, 2.05) is 0 Å². The summed E-state index contributed by atoms with van der Waals surface area (Å²) in [5, 5.41) is 3.02. The van der Waals surface area contributed by atoms with Crippen molar-refractivity contribution < 1.29 is 17.9 Å². The Kier molecular flexibility index (Phi) is 3.55. The van der Waals surface area contributed by atoms with Crippen LogP contribution in [0.25, 0.3) is 0 Å². The lowest BCUT2D eigenvalue weighted by molar-refractivity contribution is -0.138. The Hall–Kier alpha value is -0.290. The van der Waals surface area contributed by atoms with E-state index < -0.39 is 12.6 Å². The summed E-state index contributed by atoms with van der Waals surface area (Å²) in [4.78, 5) is 0. The molecule has 2 atom stereocenters. The van der Waals surface area contributed by atoms with Gasteiger partial charge in [0, 0.05) is 26.6 Å². The van der Waals surface area contributed by atoms with Crippen molar-refractivity contribution in [3.63, 3.8) is 0 Å². The lowest BCUT2D eigenvalue weighted by Gasteiger charge is -2.17. The van der Waals surface area contributed by atoms with Crippen molar-refractivity contribution in [1.82, 2.24) is 5.32 Å². The van der Waals surface area contributed by atoms with Crippen LogP contribution in [0.15, 0.2) is 0 Å². The van der Waals surface area contributed by atoms with Gasteiger partial charge in [-0.3, -0.25) is 0 Å². The highest BCUT2D eigenvalue weighted by Gasteiger charge is 2.33. The summed E-state index contributed by atoms with van der Waals surface area (Å²) in [6.07, 6.45) is -4.64. The van der Waals surface area contributed by atoms with Crippen LogP contribution in [0.4, 0.5) is 13.2 Å². The third kappa shape index (κ3) is 3.52. The second kappa shape index (κ2) is 4.28. The van der Waals surface area contributed by atoms with Crippen LogP contribution in [0.1, 0.15) is 12.8 Å². The molecule has 0 aliphatic carbocycles. The molecule has 2 nitrogen and oxygen atoms in total. The van der Waals surface area contributed by atoms with Crippen molar-refractivity contribution in [2.45, 2.75) is 25.1 Å². The fourth-order valence-corrected chi connectivity index (χ4v) is 1.62. The Labute approximate surface area is 75.4 Å². The predicted octanol–water partition coefficient (Wildman–Crippen LogP) is 1.56. The maximum absolute atomic E-state index is 11.9. The molecule has 1 fully saturated rings. The lowest BCUT2D eigenvalue weighted by Crippen LogP contribution is -2.22. The molecule has 13 heavy (non-hydrogen) atoms. The molecule has 0 saturated carbocycles. The zero-order valence-corrected chi connectivity index (χ0v) is 7.53. The number of hydrogen-bond donors (Lipinski definition) is 1. The molecule has 0 radical (unpaired) electrons. The molecule has 0 unspecified atom stereocenters. The average Bonchev–Trinajstić information content (AvgIpc) is 2.46. The van der Waals surface area contributed by atoms with Crippen LogP contribution in [0.3, 0.4) is 0 Å². The monoisotopic (exact) mass is 197 g/mol. The van der Waals surface area contributed by atoms with Crippen LogP contribution in [-0.2, 0) is 4.74 Å². The van der Waals surface area contributed by atoms with Gasteiger partial charge in [-0.1, -0.05) is 0 Å². The molecular weight excluding hydrogens is 183 g/mol. The zero-order chi connectivity index (χ0) is 9.90. The van der Waals surface area contributed by atoms with Crippen LogP contribution >= 0.6 is 0 Å². The summed E-state index contributed by atoms with van der Waals surface area (Å²) in [5.41, 5.74) is 0. The fraction of sp³-hybridized carbons (Fsp3) is 1.00. The van der Waals surface area contributed by atoms with Gasteiger partial charge in [0.2, 0.25) is 0 Å². The van der Waals surface area contributed by atoms with Crippen molar-refractivity contribution in [3.05, 3.63) is 0 Å². The number of methoxy groups -OCH3 is 1. The summed E-state index contributed by atoms with van der Waals surface area (Å²) in [7, 11) is 1.54. The third-order valence-corrected chi connectivity index (χ3v) is 2.38. The Morgan fingerprint density at radius 3 is 2.62 bits per heavy atom. The summed E-state index contributed by atoms with van der Waals surface area (Å²) in [6.45, 7) is 1.30. The van der Waals surface area contributed by atoms with Gasteiger partial charge in [0.15, 0.2) is 0 Å². The first kappa shape index (κ1) is 10.8. The number of ether oxygens (including phenoxy) is 1. The Bertz CT molecular complexity index is 160. The molecule has 0 aromatic carbocycles. The number of nitrogens with one attached hydrogen (secondary N) is 1. The standard InChI is InChI=1S/C8H14F3NO/c1-13-7-5-12-4-6(7)2-3-8(9,10)11/h6-7,12H,2-5H2,1H3/t6-,7-/m1/s1. The molecule has 1 aliphatic heterocycles. The number of halogens is 3. The first-order chi connectivity index (χ1) is 6.03. The summed E-state index contributed by atoms with van der Waals surface area (Å²) in [5.74, 6) is 0.00613. The maximum atomic E-state index is 11.9. The second-order valence-electron chi connectivity index (χ2n) is 3.35. The van der Waals surface area contributed by atoms with Crippen LogP contribution in [-0.4, -0.2) is 32.5 Å². The van der Waals surface area contributed by atoms with Crippen LogP contribution in [0.5, 0.6) is 0 Å². The molecule has 78 valence electrons. The van der Waals surface area contributed by atoms with Gasteiger partial charge >= 0.3 is 6.18 Å². The van der Waals surface area contributed by atoms with Gasteiger partial charge < -0.3 is 10.1 Å². The Morgan fingerprint density at radius 1 is 1.38 bits per heavy atom. The highest BCUT2D eigenvalue weighted by atomic mass is 19.4. The fourth-order valence-electron chi connectivity index (χ4n) is 1.62. The number of hydrogen-bond acceptors (Lipinski definition) is 2. The molecular formula is C8H14F3NO. The summed E-state index contributed by atoms with van der Waals surface area (Å²) < 4.78 is 40.7. The molecule has 0 aromatic rings. The van der Waals surface area contributed by atoms with Gasteiger partial charge in [-0.05, 0) is 12.3 Å². The summed E-state index contributed by atoms with van der Waals surface area (Å²) >= 11 is 0. The predicted molar refractivity (Wildman–Crippen MR) is 42.4 cm³/mol. The minimum absolute atomic E-state index is 0.00613. The molecule has 0 aromatic heterocycles. The van der Waals surface area contributed by atoms with E-state index in [9.17, 15) is 13.2 Å². The van der Waals surface area contributed by atoms with Gasteiger partial charge in [-0.2, -0.15) is 13.2 Å². The molecule has 0 amide bonds. The van der Waals surface area contributed by atoms with Crippen LogP contribution < -0.4 is 5.32 Å². The smallest absolute Gasteiger partial charge is 0.380 e. The lowest BCUT2D eigenvalue weighted by atomic mass is 10.00. The normalized spacial score (nSPS) is 29.5. The van der Waals surface area contributed by atoms with E-state index in [1.54, 1.807) is 0 Å². The Balaban J connectivity index is 2.28. The minimum Gasteiger partial charge on any atom is -0.380 e.